The summed E-state index contributed by atoms with van der Waals surface area (Å²) in [6.45, 7) is 7.65. The van der Waals surface area contributed by atoms with Crippen LogP contribution in [0.1, 0.15) is 56.0 Å². The zero-order valence-electron chi connectivity index (χ0n) is 15.9. The first-order valence-electron chi connectivity index (χ1n) is 9.13. The van der Waals surface area contributed by atoms with Crippen molar-refractivity contribution in [2.45, 2.75) is 53.0 Å². The second-order valence-corrected chi connectivity index (χ2v) is 7.60. The molecule has 1 atom stereocenters. The van der Waals surface area contributed by atoms with Gasteiger partial charge >= 0.3 is 5.97 Å². The number of rotatable bonds is 8. The molecule has 1 aromatic carbocycles. The van der Waals surface area contributed by atoms with E-state index in [2.05, 4.69) is 5.32 Å². The van der Waals surface area contributed by atoms with E-state index in [0.717, 1.165) is 18.4 Å². The Labute approximate surface area is 154 Å². The maximum atomic E-state index is 12.9. The van der Waals surface area contributed by atoms with Crippen LogP contribution in [0.15, 0.2) is 18.2 Å². The van der Waals surface area contributed by atoms with Gasteiger partial charge < -0.3 is 15.3 Å². The molecule has 1 saturated carbocycles. The molecule has 0 bridgehead atoms. The third kappa shape index (κ3) is 5.31. The van der Waals surface area contributed by atoms with Crippen LogP contribution in [0.5, 0.6) is 0 Å². The minimum absolute atomic E-state index is 0.0444. The highest BCUT2D eigenvalue weighted by Crippen LogP contribution is 2.30. The SMILES string of the molecule is Cc1cc(C(=O)N(CC(C)C(=O)O)C2CC2)ccc1NC(=O)CC(C)C. The molecule has 6 nitrogen and oxygen atoms in total. The van der Waals surface area contributed by atoms with Gasteiger partial charge in [0.05, 0.1) is 5.92 Å². The van der Waals surface area contributed by atoms with E-state index in [4.69, 9.17) is 5.11 Å². The van der Waals surface area contributed by atoms with Crippen molar-refractivity contribution in [3.05, 3.63) is 29.3 Å². The molecule has 1 aromatic rings. The second kappa shape index (κ2) is 8.34. The minimum atomic E-state index is -0.900. The maximum absolute atomic E-state index is 12.9. The summed E-state index contributed by atoms with van der Waals surface area (Å²) in [4.78, 5) is 37.6. The van der Waals surface area contributed by atoms with Crippen molar-refractivity contribution in [3.63, 3.8) is 0 Å². The fraction of sp³-hybridized carbons (Fsp3) is 0.550. The van der Waals surface area contributed by atoms with E-state index in [9.17, 15) is 14.4 Å². The topological polar surface area (TPSA) is 86.7 Å². The number of aryl methyl sites for hydroxylation is 1. The van der Waals surface area contributed by atoms with Crippen LogP contribution in [0, 0.1) is 18.8 Å². The van der Waals surface area contributed by atoms with E-state index in [0.29, 0.717) is 17.7 Å². The molecule has 2 N–H and O–H groups in total. The number of hydrogen-bond acceptors (Lipinski definition) is 3. The van der Waals surface area contributed by atoms with Crippen LogP contribution in [0.25, 0.3) is 0 Å². The summed E-state index contributed by atoms with van der Waals surface area (Å²) < 4.78 is 0. The van der Waals surface area contributed by atoms with Crippen molar-refractivity contribution in [3.8, 4) is 0 Å². The first-order valence-corrected chi connectivity index (χ1v) is 9.13. The monoisotopic (exact) mass is 360 g/mol. The number of benzene rings is 1. The van der Waals surface area contributed by atoms with Gasteiger partial charge in [0.2, 0.25) is 5.91 Å². The van der Waals surface area contributed by atoms with Crippen LogP contribution in [-0.4, -0.2) is 40.4 Å². The largest absolute Gasteiger partial charge is 0.481 e. The lowest BCUT2D eigenvalue weighted by atomic mass is 10.1. The summed E-state index contributed by atoms with van der Waals surface area (Å²) in [7, 11) is 0. The third-order valence-electron chi connectivity index (χ3n) is 4.48. The molecular weight excluding hydrogens is 332 g/mol. The number of carboxylic acid groups (broad SMARTS) is 1. The van der Waals surface area contributed by atoms with E-state index in [1.807, 2.05) is 20.8 Å². The zero-order valence-corrected chi connectivity index (χ0v) is 15.9. The number of nitrogens with zero attached hydrogens (tertiary/aromatic N) is 1. The van der Waals surface area contributed by atoms with Crippen LogP contribution < -0.4 is 5.32 Å². The number of nitrogens with one attached hydrogen (secondary N) is 1. The molecular formula is C20H28N2O4. The molecule has 1 fully saturated rings. The molecule has 0 spiro atoms. The lowest BCUT2D eigenvalue weighted by Crippen LogP contribution is -2.38. The van der Waals surface area contributed by atoms with Crippen LogP contribution in [0.3, 0.4) is 0 Å². The van der Waals surface area contributed by atoms with E-state index in [1.165, 1.54) is 0 Å². The van der Waals surface area contributed by atoms with Gasteiger partial charge in [0.15, 0.2) is 0 Å². The van der Waals surface area contributed by atoms with E-state index >= 15 is 0 Å². The van der Waals surface area contributed by atoms with Gasteiger partial charge in [-0.1, -0.05) is 20.8 Å². The number of carbonyl (C=O) groups is 3. The van der Waals surface area contributed by atoms with E-state index in [-0.39, 0.29) is 30.3 Å². The average molecular weight is 360 g/mol. The highest BCUT2D eigenvalue weighted by atomic mass is 16.4. The average Bonchev–Trinajstić information content (AvgIpc) is 3.37. The Morgan fingerprint density at radius 3 is 2.38 bits per heavy atom. The van der Waals surface area contributed by atoms with Crippen LogP contribution >= 0.6 is 0 Å². The molecule has 2 amide bonds. The van der Waals surface area contributed by atoms with Crippen LogP contribution in [0.4, 0.5) is 5.69 Å². The Balaban J connectivity index is 2.12. The Hall–Kier alpha value is -2.37. The number of amides is 2. The standard InChI is InChI=1S/C20H28N2O4/c1-12(2)9-18(23)21-17-8-5-15(10-13(17)3)19(24)22(16-6-7-16)11-14(4)20(25)26/h5,8,10,12,14,16H,6-7,9,11H2,1-4H3,(H,21,23)(H,25,26). The first kappa shape index (κ1) is 19.9. The normalized spacial score (nSPS) is 14.8. The van der Waals surface area contributed by atoms with Crippen LogP contribution in [-0.2, 0) is 9.59 Å². The zero-order chi connectivity index (χ0) is 19.4. The number of hydrogen-bond donors (Lipinski definition) is 2. The fourth-order valence-corrected chi connectivity index (χ4v) is 2.83. The maximum Gasteiger partial charge on any atom is 0.308 e. The predicted octanol–water partition coefficient (Wildman–Crippen LogP) is 3.30. The molecule has 2 rings (SSSR count). The van der Waals surface area contributed by atoms with Gasteiger partial charge in [0, 0.05) is 30.3 Å². The van der Waals surface area contributed by atoms with Crippen molar-refractivity contribution in [1.29, 1.82) is 0 Å². The summed E-state index contributed by atoms with van der Waals surface area (Å²) in [5, 5.41) is 12.0. The molecule has 0 heterocycles. The molecule has 0 radical (unpaired) electrons. The van der Waals surface area contributed by atoms with Crippen molar-refractivity contribution in [1.82, 2.24) is 4.90 Å². The highest BCUT2D eigenvalue weighted by Gasteiger charge is 2.35. The molecule has 26 heavy (non-hydrogen) atoms. The molecule has 0 aliphatic heterocycles. The first-order chi connectivity index (χ1) is 12.2. The molecule has 1 unspecified atom stereocenters. The summed E-state index contributed by atoms with van der Waals surface area (Å²) in [6.07, 6.45) is 2.28. The minimum Gasteiger partial charge on any atom is -0.481 e. The Kier molecular flexibility index (Phi) is 6.40. The summed E-state index contributed by atoms with van der Waals surface area (Å²) >= 11 is 0. The van der Waals surface area contributed by atoms with Crippen molar-refractivity contribution in [2.75, 3.05) is 11.9 Å². The van der Waals surface area contributed by atoms with Crippen molar-refractivity contribution < 1.29 is 19.5 Å². The second-order valence-electron chi connectivity index (χ2n) is 7.60. The lowest BCUT2D eigenvalue weighted by Gasteiger charge is -2.25. The molecule has 6 heteroatoms. The molecule has 1 aliphatic rings. The van der Waals surface area contributed by atoms with Crippen LogP contribution in [0.2, 0.25) is 0 Å². The fourth-order valence-electron chi connectivity index (χ4n) is 2.83. The summed E-state index contributed by atoms with van der Waals surface area (Å²) in [6, 6.07) is 5.33. The Morgan fingerprint density at radius 2 is 1.88 bits per heavy atom. The van der Waals surface area contributed by atoms with Crippen molar-refractivity contribution >= 4 is 23.5 Å². The van der Waals surface area contributed by atoms with Gasteiger partial charge in [-0.3, -0.25) is 14.4 Å². The van der Waals surface area contributed by atoms with Gasteiger partial charge in [-0.05, 0) is 49.4 Å². The molecule has 1 aliphatic carbocycles. The van der Waals surface area contributed by atoms with Gasteiger partial charge in [-0.25, -0.2) is 0 Å². The number of aliphatic carboxylic acids is 1. The third-order valence-corrected chi connectivity index (χ3v) is 4.48. The Bertz CT molecular complexity index is 695. The molecule has 142 valence electrons. The smallest absolute Gasteiger partial charge is 0.308 e. The predicted molar refractivity (Wildman–Crippen MR) is 100 cm³/mol. The molecule has 0 aromatic heterocycles. The number of carbonyl (C=O) groups excluding carboxylic acids is 2. The quantitative estimate of drug-likeness (QED) is 0.745. The highest BCUT2D eigenvalue weighted by molar-refractivity contribution is 5.97. The summed E-state index contributed by atoms with van der Waals surface area (Å²) in [5.74, 6) is -1.42. The van der Waals surface area contributed by atoms with E-state index in [1.54, 1.807) is 30.0 Å². The number of anilines is 1. The Morgan fingerprint density at radius 1 is 1.23 bits per heavy atom. The van der Waals surface area contributed by atoms with E-state index < -0.39 is 11.9 Å². The van der Waals surface area contributed by atoms with Crippen molar-refractivity contribution in [2.24, 2.45) is 11.8 Å². The van der Waals surface area contributed by atoms with Gasteiger partial charge in [0.25, 0.3) is 5.91 Å². The number of carboxylic acids is 1. The molecule has 0 saturated heterocycles. The van der Waals surface area contributed by atoms with Gasteiger partial charge in [0.1, 0.15) is 0 Å². The summed E-state index contributed by atoms with van der Waals surface area (Å²) in [5.41, 5.74) is 2.04. The van der Waals surface area contributed by atoms with Gasteiger partial charge in [-0.2, -0.15) is 0 Å². The lowest BCUT2D eigenvalue weighted by molar-refractivity contribution is -0.141. The van der Waals surface area contributed by atoms with Gasteiger partial charge in [-0.15, -0.1) is 0 Å².